The molecule has 0 aromatic carbocycles. The van der Waals surface area contributed by atoms with E-state index >= 15 is 0 Å². The van der Waals surface area contributed by atoms with Crippen LogP contribution in [0.3, 0.4) is 0 Å². The van der Waals surface area contributed by atoms with Crippen molar-refractivity contribution in [1.82, 2.24) is 28.5 Å². The second-order valence-corrected chi connectivity index (χ2v) is 7.45. The molecule has 0 aliphatic carbocycles. The van der Waals surface area contributed by atoms with Gasteiger partial charge in [0.2, 0.25) is 5.28 Å². The van der Waals surface area contributed by atoms with Gasteiger partial charge in [-0.3, -0.25) is 0 Å². The summed E-state index contributed by atoms with van der Waals surface area (Å²) in [4.78, 5) is 12.7. The monoisotopic (exact) mass is 359 g/mol. The number of halogens is 1. The molecule has 0 bridgehead atoms. The lowest BCUT2D eigenvalue weighted by Crippen LogP contribution is -2.38. The van der Waals surface area contributed by atoms with Gasteiger partial charge >= 0.3 is 0 Å². The van der Waals surface area contributed by atoms with Crippen molar-refractivity contribution in [1.29, 1.82) is 0 Å². The maximum Gasteiger partial charge on any atom is 0.279 e. The molecular formula is C12H18ClN7O2S. The molecule has 23 heavy (non-hydrogen) atoms. The Bertz CT molecular complexity index is 822. The van der Waals surface area contributed by atoms with Crippen molar-refractivity contribution in [3.63, 3.8) is 0 Å². The Hall–Kier alpha value is -1.49. The van der Waals surface area contributed by atoms with E-state index in [1.165, 1.54) is 11.4 Å². The summed E-state index contributed by atoms with van der Waals surface area (Å²) >= 11 is 6.00. The van der Waals surface area contributed by atoms with Gasteiger partial charge in [0, 0.05) is 32.7 Å². The van der Waals surface area contributed by atoms with Crippen molar-refractivity contribution < 1.29 is 8.42 Å². The molecule has 9 nitrogen and oxygen atoms in total. The molecule has 1 atom stereocenters. The molecule has 1 aliphatic heterocycles. The molecule has 0 unspecified atom stereocenters. The Labute approximate surface area is 139 Å². The van der Waals surface area contributed by atoms with Crippen LogP contribution in [0.15, 0.2) is 6.33 Å². The van der Waals surface area contributed by atoms with Gasteiger partial charge in [-0.15, -0.1) is 0 Å². The number of anilines is 1. The molecule has 1 saturated heterocycles. The van der Waals surface area contributed by atoms with Gasteiger partial charge in [-0.25, -0.2) is 9.71 Å². The summed E-state index contributed by atoms with van der Waals surface area (Å²) in [5.74, 6) is 0.529. The summed E-state index contributed by atoms with van der Waals surface area (Å²) in [7, 11) is -2.00. The van der Waals surface area contributed by atoms with Crippen molar-refractivity contribution in [3.8, 4) is 0 Å². The third kappa shape index (κ3) is 3.11. The zero-order valence-corrected chi connectivity index (χ0v) is 14.4. The first-order valence-electron chi connectivity index (χ1n) is 7.28. The van der Waals surface area contributed by atoms with Gasteiger partial charge in [0.05, 0.1) is 6.33 Å². The first kappa shape index (κ1) is 16.4. The van der Waals surface area contributed by atoms with Gasteiger partial charge in [0.15, 0.2) is 17.0 Å². The van der Waals surface area contributed by atoms with E-state index in [-0.39, 0.29) is 11.3 Å². The van der Waals surface area contributed by atoms with E-state index in [2.05, 4.69) is 25.0 Å². The largest absolute Gasteiger partial charge is 0.364 e. The van der Waals surface area contributed by atoms with Gasteiger partial charge in [-0.05, 0) is 24.9 Å². The number of aromatic nitrogens is 4. The van der Waals surface area contributed by atoms with Crippen LogP contribution in [-0.2, 0) is 16.8 Å². The first-order chi connectivity index (χ1) is 10.9. The van der Waals surface area contributed by atoms with Gasteiger partial charge in [0.25, 0.3) is 10.2 Å². The molecule has 126 valence electrons. The number of aryl methyl sites for hydroxylation is 1. The molecule has 3 heterocycles. The minimum absolute atomic E-state index is 0.0564. The van der Waals surface area contributed by atoms with Crippen LogP contribution in [0, 0.1) is 0 Å². The highest BCUT2D eigenvalue weighted by atomic mass is 35.5. The molecule has 0 radical (unpaired) electrons. The first-order valence-corrected chi connectivity index (χ1v) is 9.10. The minimum atomic E-state index is -3.41. The number of rotatable bonds is 5. The van der Waals surface area contributed by atoms with Crippen LogP contribution in [0.1, 0.15) is 13.3 Å². The van der Waals surface area contributed by atoms with Crippen LogP contribution in [0.25, 0.3) is 11.2 Å². The number of nitrogens with one attached hydrogen (secondary N) is 2. The SMILES string of the molecule is CCn1cnc2c(N[C@H]3CCN(S(=O)(=O)NC)C3)nc(Cl)nc21. The fourth-order valence-electron chi connectivity index (χ4n) is 2.64. The highest BCUT2D eigenvalue weighted by Gasteiger charge is 2.31. The van der Waals surface area contributed by atoms with Crippen LogP contribution >= 0.6 is 11.6 Å². The lowest BCUT2D eigenvalue weighted by atomic mass is 10.2. The van der Waals surface area contributed by atoms with Crippen molar-refractivity contribution in [2.45, 2.75) is 25.9 Å². The average molecular weight is 360 g/mol. The fraction of sp³-hybridized carbons (Fsp3) is 0.583. The molecule has 1 fully saturated rings. The molecule has 0 saturated carbocycles. The average Bonchev–Trinajstić information content (AvgIpc) is 3.14. The minimum Gasteiger partial charge on any atom is -0.364 e. The molecule has 2 aromatic heterocycles. The van der Waals surface area contributed by atoms with Crippen molar-refractivity contribution >= 4 is 38.8 Å². The summed E-state index contributed by atoms with van der Waals surface area (Å²) in [6, 6.07) is -0.0564. The summed E-state index contributed by atoms with van der Waals surface area (Å²) in [6.45, 7) is 3.52. The normalized spacial score (nSPS) is 19.5. The summed E-state index contributed by atoms with van der Waals surface area (Å²) in [6.07, 6.45) is 2.37. The lowest BCUT2D eigenvalue weighted by molar-refractivity contribution is 0.467. The Morgan fingerprint density at radius 2 is 2.22 bits per heavy atom. The molecule has 11 heteroatoms. The highest BCUT2D eigenvalue weighted by molar-refractivity contribution is 7.87. The summed E-state index contributed by atoms with van der Waals surface area (Å²) in [5.41, 5.74) is 1.29. The Morgan fingerprint density at radius 1 is 1.43 bits per heavy atom. The topological polar surface area (TPSA) is 105 Å². The maximum absolute atomic E-state index is 11.8. The third-order valence-electron chi connectivity index (χ3n) is 3.87. The number of nitrogens with zero attached hydrogens (tertiary/aromatic N) is 5. The zero-order chi connectivity index (χ0) is 16.6. The zero-order valence-electron chi connectivity index (χ0n) is 12.8. The van der Waals surface area contributed by atoms with Crippen LogP contribution in [0.2, 0.25) is 5.28 Å². The Balaban J connectivity index is 1.84. The molecule has 3 rings (SSSR count). The molecule has 0 amide bonds. The van der Waals surface area contributed by atoms with E-state index in [0.717, 1.165) is 6.54 Å². The van der Waals surface area contributed by atoms with E-state index in [4.69, 9.17) is 11.6 Å². The Kier molecular flexibility index (Phi) is 4.41. The van der Waals surface area contributed by atoms with E-state index in [1.54, 1.807) is 6.33 Å². The molecule has 1 aliphatic rings. The van der Waals surface area contributed by atoms with Crippen molar-refractivity contribution in [2.75, 3.05) is 25.5 Å². The van der Waals surface area contributed by atoms with E-state index in [1.807, 2.05) is 11.5 Å². The molecule has 0 spiro atoms. The quantitative estimate of drug-likeness (QED) is 0.751. The molecule has 2 aromatic rings. The second kappa shape index (κ2) is 6.19. The fourth-order valence-corrected chi connectivity index (χ4v) is 3.78. The highest BCUT2D eigenvalue weighted by Crippen LogP contribution is 2.24. The van der Waals surface area contributed by atoms with Crippen LogP contribution in [-0.4, -0.2) is 58.4 Å². The smallest absolute Gasteiger partial charge is 0.279 e. The second-order valence-electron chi connectivity index (χ2n) is 5.24. The number of hydrogen-bond acceptors (Lipinski definition) is 6. The maximum atomic E-state index is 11.8. The van der Waals surface area contributed by atoms with Gasteiger partial charge in [0.1, 0.15) is 0 Å². The predicted octanol–water partition coefficient (Wildman–Crippen LogP) is 0.450. The van der Waals surface area contributed by atoms with Gasteiger partial charge < -0.3 is 9.88 Å². The van der Waals surface area contributed by atoms with Crippen LogP contribution < -0.4 is 10.0 Å². The van der Waals surface area contributed by atoms with Gasteiger partial charge in [-0.2, -0.15) is 22.7 Å². The predicted molar refractivity (Wildman–Crippen MR) is 87.6 cm³/mol. The van der Waals surface area contributed by atoms with Crippen LogP contribution in [0.4, 0.5) is 5.82 Å². The van der Waals surface area contributed by atoms with Crippen molar-refractivity contribution in [3.05, 3.63) is 11.6 Å². The lowest BCUT2D eigenvalue weighted by Gasteiger charge is -2.16. The van der Waals surface area contributed by atoms with Crippen LogP contribution in [0.5, 0.6) is 0 Å². The van der Waals surface area contributed by atoms with E-state index < -0.39 is 10.2 Å². The van der Waals surface area contributed by atoms with E-state index in [0.29, 0.717) is 36.5 Å². The number of hydrogen-bond donors (Lipinski definition) is 2. The number of imidazole rings is 1. The third-order valence-corrected chi connectivity index (χ3v) is 5.56. The molecule has 2 N–H and O–H groups in total. The standard InChI is InChI=1S/C12H18ClN7O2S/c1-3-19-7-15-9-10(17-12(13)18-11(9)19)16-8-4-5-20(6-8)23(21,22)14-2/h7-8,14H,3-6H2,1-2H3,(H,16,17,18)/t8-/m0/s1. The van der Waals surface area contributed by atoms with Crippen molar-refractivity contribution in [2.24, 2.45) is 0 Å². The summed E-state index contributed by atoms with van der Waals surface area (Å²) < 4.78 is 29.3. The van der Waals surface area contributed by atoms with Gasteiger partial charge in [-0.1, -0.05) is 0 Å². The Morgan fingerprint density at radius 3 is 2.91 bits per heavy atom. The molecular weight excluding hydrogens is 342 g/mol. The van der Waals surface area contributed by atoms with E-state index in [9.17, 15) is 8.42 Å². The number of fused-ring (bicyclic) bond motifs is 1. The summed E-state index contributed by atoms with van der Waals surface area (Å²) in [5, 5.41) is 3.38.